The van der Waals surface area contributed by atoms with Gasteiger partial charge in [-0.05, 0) is 30.4 Å². The van der Waals surface area contributed by atoms with Crippen LogP contribution < -0.4 is 5.32 Å². The molecule has 112 valence electrons. The van der Waals surface area contributed by atoms with Gasteiger partial charge in [0, 0.05) is 25.6 Å². The van der Waals surface area contributed by atoms with E-state index in [9.17, 15) is 4.39 Å². The average Bonchev–Trinajstić information content (AvgIpc) is 2.41. The van der Waals surface area contributed by atoms with Gasteiger partial charge in [0.05, 0.1) is 11.6 Å². The molecule has 0 aliphatic heterocycles. The lowest BCUT2D eigenvalue weighted by molar-refractivity contribution is 0.124. The van der Waals surface area contributed by atoms with E-state index in [1.54, 1.807) is 13.2 Å². The van der Waals surface area contributed by atoms with E-state index in [4.69, 9.17) is 16.3 Å². The van der Waals surface area contributed by atoms with E-state index in [0.717, 1.165) is 37.9 Å². The predicted octanol–water partition coefficient (Wildman–Crippen LogP) is 3.77. The molecule has 0 heterocycles. The molecule has 0 radical (unpaired) electrons. The zero-order chi connectivity index (χ0) is 14.6. The topological polar surface area (TPSA) is 21.3 Å². The van der Waals surface area contributed by atoms with Gasteiger partial charge in [-0.3, -0.25) is 0 Å². The van der Waals surface area contributed by atoms with Gasteiger partial charge in [0.15, 0.2) is 0 Å². The second kappa shape index (κ2) is 6.88. The van der Waals surface area contributed by atoms with Gasteiger partial charge in [-0.2, -0.15) is 0 Å². The summed E-state index contributed by atoms with van der Waals surface area (Å²) >= 11 is 5.94. The number of rotatable bonds is 7. The second-order valence-corrected chi connectivity index (χ2v) is 6.14. The van der Waals surface area contributed by atoms with Gasteiger partial charge < -0.3 is 10.1 Å². The minimum Gasteiger partial charge on any atom is -0.383 e. The van der Waals surface area contributed by atoms with Crippen molar-refractivity contribution in [2.24, 2.45) is 5.92 Å². The Morgan fingerprint density at radius 1 is 1.45 bits per heavy atom. The number of hydrogen-bond donors (Lipinski definition) is 1. The summed E-state index contributed by atoms with van der Waals surface area (Å²) in [7, 11) is 1.69. The van der Waals surface area contributed by atoms with Gasteiger partial charge in [-0.15, -0.1) is 0 Å². The minimum atomic E-state index is -0.253. The maximum absolute atomic E-state index is 14.3. The number of methoxy groups -OCH3 is 1. The molecule has 0 saturated heterocycles. The molecule has 1 saturated carbocycles. The molecule has 1 aromatic carbocycles. The Morgan fingerprint density at radius 3 is 2.85 bits per heavy atom. The fourth-order valence-electron chi connectivity index (χ4n) is 3.21. The van der Waals surface area contributed by atoms with E-state index in [1.165, 1.54) is 0 Å². The summed E-state index contributed by atoms with van der Waals surface area (Å²) in [5.74, 6) is 0.440. The monoisotopic (exact) mass is 299 g/mol. The molecule has 2 nitrogen and oxygen atoms in total. The van der Waals surface area contributed by atoms with E-state index in [0.29, 0.717) is 12.5 Å². The first-order valence-electron chi connectivity index (χ1n) is 7.27. The fourth-order valence-corrected chi connectivity index (χ4v) is 3.38. The SMILES string of the molecule is CCC1CC(CNCCOC)(c2cccc(Cl)c2F)C1. The van der Waals surface area contributed by atoms with Crippen molar-refractivity contribution in [3.63, 3.8) is 0 Å². The Labute approximate surface area is 125 Å². The molecule has 20 heavy (non-hydrogen) atoms. The van der Waals surface area contributed by atoms with Crippen LogP contribution in [-0.4, -0.2) is 26.8 Å². The van der Waals surface area contributed by atoms with Crippen molar-refractivity contribution in [2.45, 2.75) is 31.6 Å². The molecule has 0 spiro atoms. The molecule has 0 bridgehead atoms. The minimum absolute atomic E-state index is 0.108. The van der Waals surface area contributed by atoms with Gasteiger partial charge >= 0.3 is 0 Å². The maximum Gasteiger partial charge on any atom is 0.145 e. The lowest BCUT2D eigenvalue weighted by atomic mass is 9.57. The van der Waals surface area contributed by atoms with E-state index in [1.807, 2.05) is 12.1 Å². The van der Waals surface area contributed by atoms with Gasteiger partial charge in [-0.1, -0.05) is 37.1 Å². The highest BCUT2D eigenvalue weighted by molar-refractivity contribution is 6.30. The zero-order valence-corrected chi connectivity index (χ0v) is 13.0. The number of ether oxygens (including phenoxy) is 1. The molecule has 0 atom stereocenters. The number of hydrogen-bond acceptors (Lipinski definition) is 2. The zero-order valence-electron chi connectivity index (χ0n) is 12.2. The summed E-state index contributed by atoms with van der Waals surface area (Å²) in [6, 6.07) is 5.34. The predicted molar refractivity (Wildman–Crippen MR) is 80.8 cm³/mol. The molecule has 1 aliphatic rings. The van der Waals surface area contributed by atoms with Crippen LogP contribution in [0, 0.1) is 11.7 Å². The lowest BCUT2D eigenvalue weighted by Gasteiger charge is -2.48. The largest absolute Gasteiger partial charge is 0.383 e. The third-order valence-corrected chi connectivity index (χ3v) is 4.70. The van der Waals surface area contributed by atoms with Crippen LogP contribution in [0.2, 0.25) is 5.02 Å². The van der Waals surface area contributed by atoms with E-state index >= 15 is 0 Å². The van der Waals surface area contributed by atoms with Crippen molar-refractivity contribution in [2.75, 3.05) is 26.8 Å². The first-order valence-corrected chi connectivity index (χ1v) is 7.65. The number of halogens is 2. The van der Waals surface area contributed by atoms with Crippen LogP contribution in [0.3, 0.4) is 0 Å². The number of nitrogens with one attached hydrogen (secondary N) is 1. The first kappa shape index (κ1) is 15.7. The molecular formula is C16H23ClFNO. The highest BCUT2D eigenvalue weighted by Gasteiger charge is 2.45. The Hall–Kier alpha value is -0.640. The normalized spacial score (nSPS) is 25.5. The van der Waals surface area contributed by atoms with Crippen LogP contribution in [-0.2, 0) is 10.2 Å². The van der Waals surface area contributed by atoms with E-state index in [-0.39, 0.29) is 16.3 Å². The highest BCUT2D eigenvalue weighted by Crippen LogP contribution is 2.50. The van der Waals surface area contributed by atoms with Gasteiger partial charge in [0.2, 0.25) is 0 Å². The summed E-state index contributed by atoms with van der Waals surface area (Å²) in [6.45, 7) is 4.44. The third-order valence-electron chi connectivity index (χ3n) is 4.41. The lowest BCUT2D eigenvalue weighted by Crippen LogP contribution is -2.49. The van der Waals surface area contributed by atoms with Crippen LogP contribution in [0.4, 0.5) is 4.39 Å². The van der Waals surface area contributed by atoms with Crippen LogP contribution >= 0.6 is 11.6 Å². The van der Waals surface area contributed by atoms with Crippen molar-refractivity contribution in [3.8, 4) is 0 Å². The Morgan fingerprint density at radius 2 is 2.20 bits per heavy atom. The van der Waals surface area contributed by atoms with E-state index < -0.39 is 0 Å². The molecule has 2 rings (SSSR count). The molecule has 4 heteroatoms. The third kappa shape index (κ3) is 3.16. The first-order chi connectivity index (χ1) is 9.63. The summed E-state index contributed by atoms with van der Waals surface area (Å²) < 4.78 is 19.4. The molecule has 1 fully saturated rings. The van der Waals surface area contributed by atoms with Gasteiger partial charge in [0.25, 0.3) is 0 Å². The van der Waals surface area contributed by atoms with Crippen molar-refractivity contribution >= 4 is 11.6 Å². The average molecular weight is 300 g/mol. The highest BCUT2D eigenvalue weighted by atomic mass is 35.5. The Balaban J connectivity index is 2.13. The summed E-state index contributed by atoms with van der Waals surface area (Å²) in [5, 5.41) is 3.61. The molecule has 1 N–H and O–H groups in total. The van der Waals surface area contributed by atoms with Crippen LogP contribution in [0.5, 0.6) is 0 Å². The fraction of sp³-hybridized carbons (Fsp3) is 0.625. The smallest absolute Gasteiger partial charge is 0.145 e. The van der Waals surface area contributed by atoms with Gasteiger partial charge in [0.1, 0.15) is 5.82 Å². The van der Waals surface area contributed by atoms with Crippen LogP contribution in [0.15, 0.2) is 18.2 Å². The quantitative estimate of drug-likeness (QED) is 0.774. The summed E-state index contributed by atoms with van der Waals surface area (Å²) in [4.78, 5) is 0. The van der Waals surface area contributed by atoms with Gasteiger partial charge in [-0.25, -0.2) is 4.39 Å². The molecular weight excluding hydrogens is 277 g/mol. The van der Waals surface area contributed by atoms with Crippen molar-refractivity contribution in [3.05, 3.63) is 34.6 Å². The number of benzene rings is 1. The molecule has 1 aromatic rings. The molecule has 0 aromatic heterocycles. The van der Waals surface area contributed by atoms with Crippen LogP contribution in [0.25, 0.3) is 0 Å². The molecule has 0 unspecified atom stereocenters. The maximum atomic E-state index is 14.3. The van der Waals surface area contributed by atoms with E-state index in [2.05, 4.69) is 12.2 Å². The van der Waals surface area contributed by atoms with Crippen molar-refractivity contribution in [1.29, 1.82) is 0 Å². The van der Waals surface area contributed by atoms with Crippen LogP contribution in [0.1, 0.15) is 31.7 Å². The second-order valence-electron chi connectivity index (χ2n) is 5.73. The Bertz CT molecular complexity index is 446. The molecule has 0 amide bonds. The van der Waals surface area contributed by atoms with Crippen molar-refractivity contribution in [1.82, 2.24) is 5.32 Å². The summed E-state index contributed by atoms with van der Waals surface area (Å²) in [5.41, 5.74) is 0.656. The summed E-state index contributed by atoms with van der Waals surface area (Å²) in [6.07, 6.45) is 3.21. The van der Waals surface area contributed by atoms with Crippen molar-refractivity contribution < 1.29 is 9.13 Å². The standard InChI is InChI=1S/C16H23ClFNO/c1-3-12-9-16(10-12,11-19-7-8-20-2)13-5-4-6-14(17)15(13)18/h4-6,12,19H,3,7-11H2,1-2H3. The Kier molecular flexibility index (Phi) is 5.42. The molecule has 1 aliphatic carbocycles.